The van der Waals surface area contributed by atoms with Gasteiger partial charge < -0.3 is 5.11 Å². The van der Waals surface area contributed by atoms with Crippen LogP contribution in [0.15, 0.2) is 36.5 Å². The fourth-order valence-corrected chi connectivity index (χ4v) is 2.72. The van der Waals surface area contributed by atoms with Crippen molar-refractivity contribution in [3.05, 3.63) is 69.0 Å². The van der Waals surface area contributed by atoms with Crippen LogP contribution in [0.2, 0.25) is 0 Å². The monoisotopic (exact) mass is 385 g/mol. The minimum atomic E-state index is -0.943. The van der Waals surface area contributed by atoms with Crippen molar-refractivity contribution in [1.82, 2.24) is 9.88 Å². The highest BCUT2D eigenvalue weighted by Crippen LogP contribution is 2.22. The Balaban J connectivity index is 0.00000156. The second-order valence-corrected chi connectivity index (χ2v) is 5.52. The smallest absolute Gasteiger partial charge is 0.335 e. The molecule has 134 valence electrons. The molecule has 0 radical (unpaired) electrons. The Labute approximate surface area is 156 Å². The predicted octanol–water partition coefficient (Wildman–Crippen LogP) is 3.09. The first kappa shape index (κ1) is 20.8. The molecule has 0 amide bonds. The second kappa shape index (κ2) is 8.75. The van der Waals surface area contributed by atoms with Gasteiger partial charge in [0.25, 0.3) is 5.69 Å². The Morgan fingerprint density at radius 2 is 1.96 bits per heavy atom. The van der Waals surface area contributed by atoms with Gasteiger partial charge in [-0.25, -0.2) is 4.79 Å². The van der Waals surface area contributed by atoms with E-state index in [2.05, 4.69) is 9.88 Å². The average Bonchev–Trinajstić information content (AvgIpc) is 2.54. The highest BCUT2D eigenvalue weighted by Gasteiger charge is 2.20. The molecule has 1 aromatic heterocycles. The van der Waals surface area contributed by atoms with Gasteiger partial charge in [0.1, 0.15) is 6.20 Å². The van der Waals surface area contributed by atoms with E-state index < -0.39 is 10.9 Å². The molecule has 0 spiro atoms. The summed E-state index contributed by atoms with van der Waals surface area (Å²) >= 11 is 0. The van der Waals surface area contributed by atoms with Crippen LogP contribution in [0.3, 0.4) is 0 Å². The predicted molar refractivity (Wildman–Crippen MR) is 96.6 cm³/mol. The number of halogens is 2. The van der Waals surface area contributed by atoms with Crippen LogP contribution in [0.5, 0.6) is 0 Å². The number of nitro groups is 1. The number of carboxylic acids is 1. The van der Waals surface area contributed by atoms with E-state index in [9.17, 15) is 14.9 Å². The van der Waals surface area contributed by atoms with Gasteiger partial charge in [0.05, 0.1) is 10.5 Å². The number of carboxylic acid groups (broad SMARTS) is 1. The number of benzene rings is 1. The normalized spacial score (nSPS) is 13.1. The van der Waals surface area contributed by atoms with Gasteiger partial charge in [0.2, 0.25) is 0 Å². The zero-order chi connectivity index (χ0) is 16.4. The number of carbonyl (C=O) groups is 1. The lowest BCUT2D eigenvalue weighted by Gasteiger charge is -2.27. The summed E-state index contributed by atoms with van der Waals surface area (Å²) in [5, 5.41) is 19.8. The Morgan fingerprint density at radius 1 is 1.28 bits per heavy atom. The summed E-state index contributed by atoms with van der Waals surface area (Å²) in [6.07, 6.45) is 2.06. The molecule has 7 nitrogen and oxygen atoms in total. The zero-order valence-corrected chi connectivity index (χ0v) is 14.8. The molecular formula is C16H17Cl2N3O4. The molecule has 0 bridgehead atoms. The molecule has 1 N–H and O–H groups in total. The number of fused-ring (bicyclic) bond motifs is 1. The molecule has 25 heavy (non-hydrogen) atoms. The largest absolute Gasteiger partial charge is 0.478 e. The number of hydrogen-bond donors (Lipinski definition) is 1. The summed E-state index contributed by atoms with van der Waals surface area (Å²) in [5.41, 5.74) is 3.08. The lowest BCUT2D eigenvalue weighted by molar-refractivity contribution is -0.385. The van der Waals surface area contributed by atoms with Crippen molar-refractivity contribution < 1.29 is 14.8 Å². The Hall–Kier alpha value is -2.22. The first-order chi connectivity index (χ1) is 11.0. The molecule has 2 aromatic rings. The van der Waals surface area contributed by atoms with Crippen LogP contribution in [0, 0.1) is 10.1 Å². The fourth-order valence-electron chi connectivity index (χ4n) is 2.72. The molecule has 0 fully saturated rings. The number of nitrogens with zero attached hydrogens (tertiary/aromatic N) is 3. The third-order valence-electron chi connectivity index (χ3n) is 3.92. The molecule has 1 aliphatic heterocycles. The number of hydrogen-bond acceptors (Lipinski definition) is 5. The lowest BCUT2D eigenvalue weighted by Crippen LogP contribution is -2.30. The van der Waals surface area contributed by atoms with Crippen LogP contribution in [0.25, 0.3) is 0 Å². The number of aromatic carboxylic acids is 1. The van der Waals surface area contributed by atoms with Crippen molar-refractivity contribution in [1.29, 1.82) is 0 Å². The summed E-state index contributed by atoms with van der Waals surface area (Å²) < 4.78 is 0. The fraction of sp³-hybridized carbons (Fsp3) is 0.250. The van der Waals surface area contributed by atoms with Crippen molar-refractivity contribution in [3.63, 3.8) is 0 Å². The average molecular weight is 386 g/mol. The van der Waals surface area contributed by atoms with Gasteiger partial charge in [-0.3, -0.25) is 20.0 Å². The molecule has 0 unspecified atom stereocenters. The molecule has 9 heteroatoms. The molecule has 0 aliphatic carbocycles. The van der Waals surface area contributed by atoms with E-state index in [1.54, 1.807) is 30.3 Å². The first-order valence-corrected chi connectivity index (χ1v) is 7.20. The Morgan fingerprint density at radius 3 is 2.56 bits per heavy atom. The van der Waals surface area contributed by atoms with Crippen LogP contribution in [-0.2, 0) is 19.5 Å². The van der Waals surface area contributed by atoms with E-state index in [4.69, 9.17) is 5.11 Å². The number of aromatic nitrogens is 1. The maximum Gasteiger partial charge on any atom is 0.335 e. The van der Waals surface area contributed by atoms with Crippen molar-refractivity contribution in [2.24, 2.45) is 0 Å². The van der Waals surface area contributed by atoms with E-state index in [0.717, 1.165) is 29.8 Å². The molecule has 0 atom stereocenters. The van der Waals surface area contributed by atoms with Gasteiger partial charge in [-0.05, 0) is 23.3 Å². The van der Waals surface area contributed by atoms with Gasteiger partial charge in [-0.1, -0.05) is 12.1 Å². The maximum atomic E-state index is 10.9. The van der Waals surface area contributed by atoms with Crippen molar-refractivity contribution >= 4 is 36.5 Å². The van der Waals surface area contributed by atoms with Crippen LogP contribution in [-0.4, -0.2) is 32.4 Å². The summed E-state index contributed by atoms with van der Waals surface area (Å²) in [5.74, 6) is -0.943. The van der Waals surface area contributed by atoms with Gasteiger partial charge in [-0.2, -0.15) is 0 Å². The van der Waals surface area contributed by atoms with Crippen molar-refractivity contribution in [3.8, 4) is 0 Å². The standard InChI is InChI=1S/C16H15N3O4.2ClH/c20-16(21)12-3-1-11(2-4-12)9-18-6-5-15-13(10-18)7-14(8-17-15)19(22)23;;/h1-4,7-8H,5-6,9-10H2,(H,20,21);2*1H. The van der Waals surface area contributed by atoms with E-state index >= 15 is 0 Å². The molecule has 0 saturated carbocycles. The van der Waals surface area contributed by atoms with Gasteiger partial charge >= 0.3 is 5.97 Å². The minimum Gasteiger partial charge on any atom is -0.478 e. The molecule has 1 aromatic carbocycles. The third kappa shape index (κ3) is 4.88. The maximum absolute atomic E-state index is 10.9. The number of pyridine rings is 1. The lowest BCUT2D eigenvalue weighted by atomic mass is 10.0. The highest BCUT2D eigenvalue weighted by molar-refractivity contribution is 5.87. The number of rotatable bonds is 4. The molecular weight excluding hydrogens is 369 g/mol. The van der Waals surface area contributed by atoms with E-state index in [0.29, 0.717) is 13.1 Å². The van der Waals surface area contributed by atoms with Crippen LogP contribution < -0.4 is 0 Å². The van der Waals surface area contributed by atoms with E-state index in [1.165, 1.54) is 6.20 Å². The van der Waals surface area contributed by atoms with Crippen LogP contribution >= 0.6 is 24.8 Å². The first-order valence-electron chi connectivity index (χ1n) is 7.20. The molecule has 0 saturated heterocycles. The van der Waals surface area contributed by atoms with Crippen molar-refractivity contribution in [2.45, 2.75) is 19.5 Å². The highest BCUT2D eigenvalue weighted by atomic mass is 35.5. The summed E-state index contributed by atoms with van der Waals surface area (Å²) in [6, 6.07) is 8.35. The summed E-state index contributed by atoms with van der Waals surface area (Å²) in [4.78, 5) is 27.6. The van der Waals surface area contributed by atoms with Gasteiger partial charge in [-0.15, -0.1) is 24.8 Å². The summed E-state index contributed by atoms with van der Waals surface area (Å²) in [6.45, 7) is 2.09. The Kier molecular flexibility index (Phi) is 7.29. The SMILES string of the molecule is Cl.Cl.O=C(O)c1ccc(CN2CCc3ncc([N+](=O)[O-])cc3C2)cc1. The molecule has 3 rings (SSSR count). The quantitative estimate of drug-likeness (QED) is 0.641. The molecule has 1 aliphatic rings. The second-order valence-electron chi connectivity index (χ2n) is 5.52. The minimum absolute atomic E-state index is 0. The van der Waals surface area contributed by atoms with Gasteiger partial charge in [0, 0.05) is 37.8 Å². The third-order valence-corrected chi connectivity index (χ3v) is 3.92. The zero-order valence-electron chi connectivity index (χ0n) is 13.1. The van der Waals surface area contributed by atoms with Crippen LogP contribution in [0.4, 0.5) is 5.69 Å². The van der Waals surface area contributed by atoms with E-state index in [1.807, 2.05) is 0 Å². The van der Waals surface area contributed by atoms with Crippen LogP contribution in [0.1, 0.15) is 27.2 Å². The van der Waals surface area contributed by atoms with Crippen molar-refractivity contribution in [2.75, 3.05) is 6.54 Å². The summed E-state index contributed by atoms with van der Waals surface area (Å²) in [7, 11) is 0. The molecule has 2 heterocycles. The van der Waals surface area contributed by atoms with Gasteiger partial charge in [0.15, 0.2) is 0 Å². The Bertz CT molecular complexity index is 768. The van der Waals surface area contributed by atoms with E-state index in [-0.39, 0.29) is 36.1 Å². The topological polar surface area (TPSA) is 96.6 Å².